The molecule has 1 heterocycles. The first-order chi connectivity index (χ1) is 14.2. The highest BCUT2D eigenvalue weighted by Crippen LogP contribution is 2.19. The van der Waals surface area contributed by atoms with Crippen molar-refractivity contribution in [2.45, 2.75) is 46.6 Å². The lowest BCUT2D eigenvalue weighted by Gasteiger charge is -2.38. The van der Waals surface area contributed by atoms with Gasteiger partial charge in [0.15, 0.2) is 5.78 Å². The van der Waals surface area contributed by atoms with Gasteiger partial charge < -0.3 is 15.5 Å². The Hall–Kier alpha value is -2.37. The SMILES string of the molecule is C=C1CN(C(=O)/C=C/C(C)N)CCN1/C(=C\CC)C(C)=O.CCc1ccccc1Cl. The van der Waals surface area contributed by atoms with Gasteiger partial charge >= 0.3 is 0 Å². The number of hydrogen-bond donors (Lipinski definition) is 1. The number of carbonyl (C=O) groups is 2. The second-order valence-electron chi connectivity index (χ2n) is 7.19. The van der Waals surface area contributed by atoms with E-state index in [2.05, 4.69) is 13.5 Å². The lowest BCUT2D eigenvalue weighted by atomic mass is 10.1. The molecule has 1 atom stereocenters. The van der Waals surface area contributed by atoms with Crippen LogP contribution in [0.25, 0.3) is 0 Å². The molecule has 0 aromatic heterocycles. The predicted molar refractivity (Wildman–Crippen MR) is 125 cm³/mol. The zero-order valence-corrected chi connectivity index (χ0v) is 19.3. The van der Waals surface area contributed by atoms with E-state index in [1.807, 2.05) is 49.1 Å². The van der Waals surface area contributed by atoms with Gasteiger partial charge in [-0.05, 0) is 31.4 Å². The minimum atomic E-state index is -0.143. The number of nitrogens with two attached hydrogens (primary N) is 1. The average molecular weight is 432 g/mol. The van der Waals surface area contributed by atoms with Gasteiger partial charge in [0.25, 0.3) is 0 Å². The minimum Gasteiger partial charge on any atom is -0.340 e. The van der Waals surface area contributed by atoms with E-state index >= 15 is 0 Å². The quantitative estimate of drug-likeness (QED) is 0.680. The third kappa shape index (κ3) is 8.17. The number of benzene rings is 1. The molecule has 6 heteroatoms. The van der Waals surface area contributed by atoms with Gasteiger partial charge in [0, 0.05) is 42.9 Å². The van der Waals surface area contributed by atoms with Crippen LogP contribution in [0.15, 0.2) is 60.5 Å². The third-order valence-electron chi connectivity index (χ3n) is 4.59. The molecule has 1 unspecified atom stereocenters. The molecular weight excluding hydrogens is 398 g/mol. The van der Waals surface area contributed by atoms with Crippen LogP contribution in [0.4, 0.5) is 0 Å². The summed E-state index contributed by atoms with van der Waals surface area (Å²) in [6.07, 6.45) is 6.88. The molecule has 2 N–H and O–H groups in total. The molecule has 1 aliphatic rings. The Bertz CT molecular complexity index is 799. The molecule has 0 spiro atoms. The minimum absolute atomic E-state index is 0.0228. The summed E-state index contributed by atoms with van der Waals surface area (Å²) in [5, 5.41) is 0.875. The van der Waals surface area contributed by atoms with Crippen LogP contribution in [0.5, 0.6) is 0 Å². The number of hydrogen-bond acceptors (Lipinski definition) is 4. The number of nitrogens with zero attached hydrogens (tertiary/aromatic N) is 2. The summed E-state index contributed by atoms with van der Waals surface area (Å²) in [5.74, 6) is -0.0495. The van der Waals surface area contributed by atoms with Crippen molar-refractivity contribution in [3.63, 3.8) is 0 Å². The smallest absolute Gasteiger partial charge is 0.246 e. The van der Waals surface area contributed by atoms with E-state index in [0.29, 0.717) is 25.3 Å². The van der Waals surface area contributed by atoms with Gasteiger partial charge in [-0.2, -0.15) is 0 Å². The van der Waals surface area contributed by atoms with Crippen LogP contribution < -0.4 is 5.73 Å². The standard InChI is InChI=1S/C16H25N3O2.C8H9Cl/c1-5-6-15(14(4)20)19-10-9-18(11-13(19)3)16(21)8-7-12(2)17;1-2-7-5-3-4-6-8(7)9/h6-8,12H,3,5,9-11,17H2,1-2,4H3;3-6H,2H2,1H3/b8-7+,15-6-;. The molecule has 5 nitrogen and oxygen atoms in total. The van der Waals surface area contributed by atoms with E-state index in [1.165, 1.54) is 11.6 Å². The van der Waals surface area contributed by atoms with Crippen molar-refractivity contribution in [2.24, 2.45) is 5.73 Å². The van der Waals surface area contributed by atoms with E-state index in [0.717, 1.165) is 23.6 Å². The number of halogens is 1. The van der Waals surface area contributed by atoms with Gasteiger partial charge in [-0.3, -0.25) is 9.59 Å². The maximum atomic E-state index is 12.0. The summed E-state index contributed by atoms with van der Waals surface area (Å²) >= 11 is 5.82. The number of ketones is 1. The van der Waals surface area contributed by atoms with E-state index < -0.39 is 0 Å². The van der Waals surface area contributed by atoms with Gasteiger partial charge in [-0.25, -0.2) is 0 Å². The maximum absolute atomic E-state index is 12.0. The lowest BCUT2D eigenvalue weighted by molar-refractivity contribution is -0.126. The fraction of sp³-hybridized carbons (Fsp3) is 0.417. The predicted octanol–water partition coefficient (Wildman–Crippen LogP) is 4.33. The van der Waals surface area contributed by atoms with Crippen molar-refractivity contribution in [1.29, 1.82) is 0 Å². The number of Topliss-reactive ketones (excluding diaryl/α,β-unsaturated/α-hetero) is 1. The molecule has 1 aromatic rings. The van der Waals surface area contributed by atoms with Gasteiger partial charge in [-0.15, -0.1) is 0 Å². The Morgan fingerprint density at radius 2 is 1.93 bits per heavy atom. The number of carbonyl (C=O) groups excluding carboxylic acids is 2. The van der Waals surface area contributed by atoms with Gasteiger partial charge in [0.1, 0.15) is 0 Å². The first-order valence-corrected chi connectivity index (χ1v) is 10.7. The van der Waals surface area contributed by atoms with Gasteiger partial charge in [0.2, 0.25) is 5.91 Å². The number of allylic oxidation sites excluding steroid dienone is 2. The van der Waals surface area contributed by atoms with Crippen LogP contribution in [-0.4, -0.2) is 47.2 Å². The summed E-state index contributed by atoms with van der Waals surface area (Å²) in [5.41, 5.74) is 8.25. The average Bonchev–Trinajstić information content (AvgIpc) is 2.71. The molecule has 1 aliphatic heterocycles. The molecule has 30 heavy (non-hydrogen) atoms. The number of aryl methyl sites for hydroxylation is 1. The monoisotopic (exact) mass is 431 g/mol. The van der Waals surface area contributed by atoms with Crippen molar-refractivity contribution < 1.29 is 9.59 Å². The summed E-state index contributed by atoms with van der Waals surface area (Å²) in [6, 6.07) is 7.77. The zero-order valence-electron chi connectivity index (χ0n) is 18.5. The summed E-state index contributed by atoms with van der Waals surface area (Å²) in [6.45, 7) is 13.0. The molecule has 2 rings (SSSR count). The van der Waals surface area contributed by atoms with Crippen molar-refractivity contribution in [1.82, 2.24) is 9.80 Å². The van der Waals surface area contributed by atoms with Crippen molar-refractivity contribution in [3.05, 3.63) is 71.1 Å². The molecular formula is C24H34ClN3O2. The first-order valence-electron chi connectivity index (χ1n) is 10.3. The molecule has 164 valence electrons. The molecule has 0 aliphatic carbocycles. The normalized spacial score (nSPS) is 15.7. The first kappa shape index (κ1) is 25.7. The molecule has 1 fully saturated rings. The largest absolute Gasteiger partial charge is 0.340 e. The number of amides is 1. The van der Waals surface area contributed by atoms with Crippen molar-refractivity contribution in [3.8, 4) is 0 Å². The molecule has 0 bridgehead atoms. The van der Waals surface area contributed by atoms with Crippen LogP contribution in [-0.2, 0) is 16.0 Å². The van der Waals surface area contributed by atoms with Crippen molar-refractivity contribution in [2.75, 3.05) is 19.6 Å². The van der Waals surface area contributed by atoms with Crippen LogP contribution in [0.1, 0.15) is 39.7 Å². The third-order valence-corrected chi connectivity index (χ3v) is 4.96. The molecule has 1 saturated heterocycles. The van der Waals surface area contributed by atoms with E-state index in [1.54, 1.807) is 17.9 Å². The Kier molecular flexibility index (Phi) is 11.2. The summed E-state index contributed by atoms with van der Waals surface area (Å²) < 4.78 is 0. The second kappa shape index (κ2) is 13.0. The highest BCUT2D eigenvalue weighted by molar-refractivity contribution is 6.31. The van der Waals surface area contributed by atoms with E-state index in [-0.39, 0.29) is 17.7 Å². The molecule has 1 aromatic carbocycles. The fourth-order valence-electron chi connectivity index (χ4n) is 3.00. The van der Waals surface area contributed by atoms with Crippen LogP contribution in [0.2, 0.25) is 5.02 Å². The Balaban J connectivity index is 0.000000414. The Morgan fingerprint density at radius 1 is 1.27 bits per heavy atom. The number of rotatable bonds is 6. The van der Waals surface area contributed by atoms with Gasteiger partial charge in [-0.1, -0.05) is 62.4 Å². The number of piperazine rings is 1. The molecule has 1 amide bonds. The second-order valence-corrected chi connectivity index (χ2v) is 7.60. The van der Waals surface area contributed by atoms with E-state index in [9.17, 15) is 9.59 Å². The summed E-state index contributed by atoms with van der Waals surface area (Å²) in [4.78, 5) is 27.4. The van der Waals surface area contributed by atoms with Crippen LogP contribution >= 0.6 is 11.6 Å². The van der Waals surface area contributed by atoms with E-state index in [4.69, 9.17) is 17.3 Å². The van der Waals surface area contributed by atoms with Crippen LogP contribution in [0.3, 0.4) is 0 Å². The Labute approximate surface area is 185 Å². The zero-order chi connectivity index (χ0) is 22.7. The summed E-state index contributed by atoms with van der Waals surface area (Å²) in [7, 11) is 0. The molecule has 0 saturated carbocycles. The fourth-order valence-corrected chi connectivity index (χ4v) is 3.27. The highest BCUT2D eigenvalue weighted by atomic mass is 35.5. The Morgan fingerprint density at radius 3 is 2.40 bits per heavy atom. The van der Waals surface area contributed by atoms with Gasteiger partial charge in [0.05, 0.1) is 12.2 Å². The highest BCUT2D eigenvalue weighted by Gasteiger charge is 2.25. The topological polar surface area (TPSA) is 66.6 Å². The maximum Gasteiger partial charge on any atom is 0.246 e. The molecule has 0 radical (unpaired) electrons. The van der Waals surface area contributed by atoms with Crippen molar-refractivity contribution >= 4 is 23.3 Å². The lowest BCUT2D eigenvalue weighted by Crippen LogP contribution is -2.46. The van der Waals surface area contributed by atoms with Crippen LogP contribution in [0, 0.1) is 0 Å².